The molecule has 1 aromatic rings. The van der Waals surface area contributed by atoms with E-state index in [1.165, 1.54) is 31.2 Å². The van der Waals surface area contributed by atoms with E-state index >= 15 is 0 Å². The normalized spacial score (nSPS) is 10.8. The van der Waals surface area contributed by atoms with Crippen LogP contribution in [0.4, 0.5) is 8.78 Å². The van der Waals surface area contributed by atoms with Gasteiger partial charge in [0.2, 0.25) is 0 Å². The fourth-order valence-corrected chi connectivity index (χ4v) is 1.14. The van der Waals surface area contributed by atoms with Crippen molar-refractivity contribution in [3.05, 3.63) is 30.3 Å². The minimum atomic E-state index is -4.05. The van der Waals surface area contributed by atoms with Gasteiger partial charge in [-0.2, -0.15) is 8.78 Å². The first-order valence-electron chi connectivity index (χ1n) is 5.26. The molecule has 6 heteroatoms. The summed E-state index contributed by atoms with van der Waals surface area (Å²) >= 11 is 0. The lowest BCUT2D eigenvalue weighted by Crippen LogP contribution is -2.36. The Hall–Kier alpha value is -1.98. The third kappa shape index (κ3) is 4.12. The van der Waals surface area contributed by atoms with Crippen LogP contribution in [0.5, 0.6) is 5.75 Å². The van der Waals surface area contributed by atoms with Crippen LogP contribution in [0.2, 0.25) is 0 Å². The van der Waals surface area contributed by atoms with Crippen LogP contribution in [-0.2, 0) is 14.3 Å². The summed E-state index contributed by atoms with van der Waals surface area (Å²) in [6.45, 7) is 1.54. The first-order chi connectivity index (χ1) is 8.45. The lowest BCUT2D eigenvalue weighted by atomic mass is 10.2. The van der Waals surface area contributed by atoms with Crippen molar-refractivity contribution >= 4 is 11.8 Å². The predicted octanol–water partition coefficient (Wildman–Crippen LogP) is 2.18. The third-order valence-electron chi connectivity index (χ3n) is 1.92. The van der Waals surface area contributed by atoms with Crippen molar-refractivity contribution in [1.29, 1.82) is 0 Å². The topological polar surface area (TPSA) is 52.6 Å². The number of carbonyl (C=O) groups excluding carboxylic acids is 2. The van der Waals surface area contributed by atoms with Crippen molar-refractivity contribution in [2.75, 3.05) is 6.61 Å². The molecule has 4 nitrogen and oxygen atoms in total. The molecular weight excluding hydrogens is 246 g/mol. The molecule has 0 spiro atoms. The highest BCUT2D eigenvalue weighted by Gasteiger charge is 2.42. The van der Waals surface area contributed by atoms with Crippen LogP contribution in [0.15, 0.2) is 30.3 Å². The molecular formula is C12H12F2O4. The van der Waals surface area contributed by atoms with E-state index in [4.69, 9.17) is 0 Å². The molecule has 0 aliphatic rings. The second-order valence-corrected chi connectivity index (χ2v) is 3.34. The molecule has 0 N–H and O–H groups in total. The number of hydrogen-bond acceptors (Lipinski definition) is 4. The van der Waals surface area contributed by atoms with Crippen molar-refractivity contribution in [3.63, 3.8) is 0 Å². The predicted molar refractivity (Wildman–Crippen MR) is 58.3 cm³/mol. The van der Waals surface area contributed by atoms with E-state index in [2.05, 4.69) is 9.47 Å². The molecule has 98 valence electrons. The fraction of sp³-hybridized carbons (Fsp3) is 0.333. The van der Waals surface area contributed by atoms with E-state index in [1.54, 1.807) is 6.07 Å². The first kappa shape index (κ1) is 14.1. The molecule has 0 saturated heterocycles. The van der Waals surface area contributed by atoms with E-state index in [0.717, 1.165) is 0 Å². The maximum Gasteiger partial charge on any atom is 0.461 e. The van der Waals surface area contributed by atoms with Crippen LogP contribution in [0.3, 0.4) is 0 Å². The van der Waals surface area contributed by atoms with Crippen molar-refractivity contribution < 1.29 is 27.8 Å². The van der Waals surface area contributed by atoms with E-state index in [-0.39, 0.29) is 12.4 Å². The highest BCUT2D eigenvalue weighted by Crippen LogP contribution is 2.23. The molecule has 0 saturated carbocycles. The molecule has 0 aliphatic heterocycles. The van der Waals surface area contributed by atoms with Crippen molar-refractivity contribution in [2.45, 2.75) is 19.5 Å². The zero-order valence-electron chi connectivity index (χ0n) is 9.69. The third-order valence-corrected chi connectivity index (χ3v) is 1.92. The number of rotatable bonds is 6. The van der Waals surface area contributed by atoms with Gasteiger partial charge in [-0.15, -0.1) is 0 Å². The SMILES string of the molecule is CCOC(=O)CC(=O)C(F)(F)Oc1ccccc1. The Kier molecular flexibility index (Phi) is 4.76. The average molecular weight is 258 g/mol. The summed E-state index contributed by atoms with van der Waals surface area (Å²) in [5.41, 5.74) is 0. The molecule has 0 unspecified atom stereocenters. The minimum Gasteiger partial charge on any atom is -0.466 e. The molecule has 1 rings (SSSR count). The molecule has 0 heterocycles. The van der Waals surface area contributed by atoms with E-state index in [1.807, 2.05) is 0 Å². The van der Waals surface area contributed by atoms with Gasteiger partial charge in [-0.25, -0.2) is 0 Å². The zero-order valence-corrected chi connectivity index (χ0v) is 9.69. The van der Waals surface area contributed by atoms with Gasteiger partial charge in [-0.3, -0.25) is 9.59 Å². The van der Waals surface area contributed by atoms with Gasteiger partial charge in [0.25, 0.3) is 5.78 Å². The second kappa shape index (κ2) is 6.09. The summed E-state index contributed by atoms with van der Waals surface area (Å²) in [5.74, 6) is -2.79. The molecule has 0 atom stereocenters. The van der Waals surface area contributed by atoms with Gasteiger partial charge in [0.1, 0.15) is 12.2 Å². The average Bonchev–Trinajstić information content (AvgIpc) is 2.29. The maximum absolute atomic E-state index is 13.3. The van der Waals surface area contributed by atoms with Crippen LogP contribution in [0.25, 0.3) is 0 Å². The van der Waals surface area contributed by atoms with E-state index < -0.39 is 24.3 Å². The van der Waals surface area contributed by atoms with Crippen molar-refractivity contribution in [1.82, 2.24) is 0 Å². The first-order valence-corrected chi connectivity index (χ1v) is 5.26. The number of carbonyl (C=O) groups is 2. The number of benzene rings is 1. The lowest BCUT2D eigenvalue weighted by molar-refractivity contribution is -0.192. The van der Waals surface area contributed by atoms with Crippen LogP contribution in [0, 0.1) is 0 Å². The van der Waals surface area contributed by atoms with Gasteiger partial charge < -0.3 is 9.47 Å². The Balaban J connectivity index is 2.63. The molecule has 0 aliphatic carbocycles. The van der Waals surface area contributed by atoms with Crippen molar-refractivity contribution in [2.24, 2.45) is 0 Å². The smallest absolute Gasteiger partial charge is 0.461 e. The zero-order chi connectivity index (χ0) is 13.6. The van der Waals surface area contributed by atoms with Crippen molar-refractivity contribution in [3.8, 4) is 5.75 Å². The Morgan fingerprint density at radius 3 is 2.39 bits per heavy atom. The Morgan fingerprint density at radius 2 is 1.83 bits per heavy atom. The number of Topliss-reactive ketones (excluding diaryl/α,β-unsaturated/α-hetero) is 1. The van der Waals surface area contributed by atoms with Crippen LogP contribution < -0.4 is 4.74 Å². The van der Waals surface area contributed by atoms with Gasteiger partial charge in [0.05, 0.1) is 6.61 Å². The van der Waals surface area contributed by atoms with Crippen LogP contribution >= 0.6 is 0 Å². The fourth-order valence-electron chi connectivity index (χ4n) is 1.14. The quantitative estimate of drug-likeness (QED) is 0.579. The maximum atomic E-state index is 13.3. The number of esters is 1. The Labute approximate surface area is 103 Å². The summed E-state index contributed by atoms with van der Waals surface area (Å²) in [7, 11) is 0. The Bertz CT molecular complexity index is 417. The van der Waals surface area contributed by atoms with Gasteiger partial charge in [0.15, 0.2) is 0 Å². The standard InChI is InChI=1S/C12H12F2O4/c1-2-17-11(16)8-10(15)12(13,14)18-9-6-4-3-5-7-9/h3-7H,2,8H2,1H3. The van der Waals surface area contributed by atoms with Gasteiger partial charge >= 0.3 is 12.1 Å². The molecule has 18 heavy (non-hydrogen) atoms. The minimum absolute atomic E-state index is 0.0250. The van der Waals surface area contributed by atoms with E-state index in [0.29, 0.717) is 0 Å². The monoisotopic (exact) mass is 258 g/mol. The number of alkyl halides is 2. The van der Waals surface area contributed by atoms with Gasteiger partial charge in [-0.1, -0.05) is 18.2 Å². The summed E-state index contributed by atoms with van der Waals surface area (Å²) in [6.07, 6.45) is -5.07. The lowest BCUT2D eigenvalue weighted by Gasteiger charge is -2.16. The summed E-state index contributed by atoms with van der Waals surface area (Å²) in [4.78, 5) is 22.1. The molecule has 0 aromatic heterocycles. The number of ketones is 1. The summed E-state index contributed by atoms with van der Waals surface area (Å²) in [5, 5.41) is 0. The number of ether oxygens (including phenoxy) is 2. The molecule has 0 fully saturated rings. The second-order valence-electron chi connectivity index (χ2n) is 3.34. The molecule has 0 amide bonds. The van der Waals surface area contributed by atoms with Crippen LogP contribution in [-0.4, -0.2) is 24.5 Å². The number of para-hydroxylation sites is 1. The molecule has 0 bridgehead atoms. The Morgan fingerprint density at radius 1 is 1.22 bits per heavy atom. The highest BCUT2D eigenvalue weighted by atomic mass is 19.3. The highest BCUT2D eigenvalue weighted by molar-refractivity contribution is 5.98. The summed E-state index contributed by atoms with van der Waals surface area (Å²) < 4.78 is 35.3. The van der Waals surface area contributed by atoms with E-state index in [9.17, 15) is 18.4 Å². The largest absolute Gasteiger partial charge is 0.466 e. The molecule has 0 radical (unpaired) electrons. The molecule has 1 aromatic carbocycles. The van der Waals surface area contributed by atoms with Gasteiger partial charge in [0, 0.05) is 0 Å². The summed E-state index contributed by atoms with van der Waals surface area (Å²) in [6, 6.07) is 7.16. The number of halogens is 2. The van der Waals surface area contributed by atoms with Crippen LogP contribution in [0.1, 0.15) is 13.3 Å². The number of hydrogen-bond donors (Lipinski definition) is 0. The van der Waals surface area contributed by atoms with Gasteiger partial charge in [-0.05, 0) is 19.1 Å².